The van der Waals surface area contributed by atoms with Crippen molar-refractivity contribution < 1.29 is 22.6 Å². The third-order valence-corrected chi connectivity index (χ3v) is 6.74. The molecule has 2 heterocycles. The average molecular weight is 395 g/mol. The van der Waals surface area contributed by atoms with Gasteiger partial charge < -0.3 is 18.8 Å². The number of hydrogen-bond donors (Lipinski definition) is 0. The Morgan fingerprint density at radius 3 is 2.44 bits per heavy atom. The number of benzene rings is 1. The summed E-state index contributed by atoms with van der Waals surface area (Å²) in [6.45, 7) is 0.842. The maximum Gasteiger partial charge on any atom is 0.214 e. The fraction of sp³-hybridized carbons (Fsp3) is 0.500. The van der Waals surface area contributed by atoms with Gasteiger partial charge in [0.05, 0.1) is 39.2 Å². The molecule has 148 valence electrons. The zero-order valence-corrected chi connectivity index (χ0v) is 16.8. The monoisotopic (exact) mass is 395 g/mol. The molecular weight excluding hydrogens is 370 g/mol. The summed E-state index contributed by atoms with van der Waals surface area (Å²) in [5, 5.41) is 0. The molecule has 0 bridgehead atoms. The molecule has 3 rings (SSSR count). The summed E-state index contributed by atoms with van der Waals surface area (Å²) in [7, 11) is 2.96. The maximum atomic E-state index is 12.3. The second-order valence-electron chi connectivity index (χ2n) is 6.69. The van der Waals surface area contributed by atoms with E-state index in [9.17, 15) is 8.42 Å². The predicted molar refractivity (Wildman–Crippen MR) is 102 cm³/mol. The van der Waals surface area contributed by atoms with Crippen molar-refractivity contribution in [1.82, 2.24) is 13.9 Å². The molecule has 0 N–H and O–H groups in total. The van der Waals surface area contributed by atoms with Crippen molar-refractivity contribution in [3.8, 4) is 22.9 Å². The van der Waals surface area contributed by atoms with E-state index < -0.39 is 10.0 Å². The molecule has 2 aromatic rings. The topological polar surface area (TPSA) is 82.9 Å². The van der Waals surface area contributed by atoms with Gasteiger partial charge in [-0.15, -0.1) is 0 Å². The molecule has 9 heteroatoms. The van der Waals surface area contributed by atoms with Crippen molar-refractivity contribution in [2.75, 3.05) is 47.3 Å². The highest BCUT2D eigenvalue weighted by atomic mass is 32.2. The summed E-state index contributed by atoms with van der Waals surface area (Å²) in [6, 6.07) is 5.43. The van der Waals surface area contributed by atoms with Gasteiger partial charge in [-0.1, -0.05) is 0 Å². The van der Waals surface area contributed by atoms with Crippen LogP contribution in [0.4, 0.5) is 0 Å². The largest absolute Gasteiger partial charge is 0.497 e. The third-order valence-electron chi connectivity index (χ3n) is 4.78. The fourth-order valence-corrected chi connectivity index (χ4v) is 4.37. The molecule has 1 saturated heterocycles. The van der Waals surface area contributed by atoms with E-state index in [1.54, 1.807) is 40.6 Å². The lowest BCUT2D eigenvalue weighted by Crippen LogP contribution is -2.32. The van der Waals surface area contributed by atoms with E-state index >= 15 is 0 Å². The van der Waals surface area contributed by atoms with Gasteiger partial charge in [-0.25, -0.2) is 17.7 Å². The predicted octanol–water partition coefficient (Wildman–Crippen LogP) is 1.65. The molecule has 0 unspecified atom stereocenters. The van der Waals surface area contributed by atoms with Gasteiger partial charge in [0.1, 0.15) is 17.3 Å². The van der Waals surface area contributed by atoms with Crippen molar-refractivity contribution >= 4 is 10.0 Å². The number of rotatable bonds is 7. The van der Waals surface area contributed by atoms with Gasteiger partial charge in [0, 0.05) is 44.0 Å². The van der Waals surface area contributed by atoms with Crippen LogP contribution in [0.25, 0.3) is 11.4 Å². The second-order valence-corrected chi connectivity index (χ2v) is 8.91. The Balaban J connectivity index is 1.95. The van der Waals surface area contributed by atoms with Crippen LogP contribution < -0.4 is 9.47 Å². The second kappa shape index (κ2) is 7.87. The number of sulfonamides is 1. The molecule has 1 aliphatic heterocycles. The molecule has 27 heavy (non-hydrogen) atoms. The van der Waals surface area contributed by atoms with Gasteiger partial charge in [-0.2, -0.15) is 0 Å². The summed E-state index contributed by atoms with van der Waals surface area (Å²) in [5.41, 5.74) is 0.831. The van der Waals surface area contributed by atoms with Crippen molar-refractivity contribution in [2.45, 2.75) is 6.04 Å². The van der Waals surface area contributed by atoms with E-state index in [0.717, 1.165) is 11.4 Å². The minimum Gasteiger partial charge on any atom is -0.497 e. The zero-order chi connectivity index (χ0) is 19.6. The molecule has 1 aromatic carbocycles. The quantitative estimate of drug-likeness (QED) is 0.709. The van der Waals surface area contributed by atoms with E-state index in [0.29, 0.717) is 24.7 Å². The van der Waals surface area contributed by atoms with Crippen molar-refractivity contribution in [3.05, 3.63) is 30.6 Å². The Morgan fingerprint density at radius 1 is 1.19 bits per heavy atom. The highest BCUT2D eigenvalue weighted by Gasteiger charge is 2.35. The van der Waals surface area contributed by atoms with Crippen molar-refractivity contribution in [1.29, 1.82) is 0 Å². The minimum atomic E-state index is -3.32. The summed E-state index contributed by atoms with van der Waals surface area (Å²) in [4.78, 5) is 4.48. The Morgan fingerprint density at radius 2 is 1.85 bits per heavy atom. The maximum absolute atomic E-state index is 12.3. The van der Waals surface area contributed by atoms with Gasteiger partial charge in [-0.05, 0) is 12.1 Å². The number of nitrogens with zero attached hydrogens (tertiary/aromatic N) is 3. The SMILES string of the molecule is COc1cc(OC)cc(-c2nccn2[C@@H]2COC[C@H]2CS(=O)(=O)N(C)C)c1. The molecule has 2 atom stereocenters. The Hall–Kier alpha value is -2.10. The van der Waals surface area contributed by atoms with Crippen molar-refractivity contribution in [3.63, 3.8) is 0 Å². The molecule has 0 saturated carbocycles. The molecular formula is C18H25N3O5S. The van der Waals surface area contributed by atoms with Gasteiger partial charge >= 0.3 is 0 Å². The minimum absolute atomic E-state index is 0.0315. The first-order valence-corrected chi connectivity index (χ1v) is 10.2. The van der Waals surface area contributed by atoms with Gasteiger partial charge in [0.2, 0.25) is 10.0 Å². The van der Waals surface area contributed by atoms with E-state index in [1.807, 2.05) is 22.9 Å². The lowest BCUT2D eigenvalue weighted by molar-refractivity contribution is 0.182. The van der Waals surface area contributed by atoms with Crippen LogP contribution >= 0.6 is 0 Å². The molecule has 0 spiro atoms. The zero-order valence-electron chi connectivity index (χ0n) is 16.0. The number of aromatic nitrogens is 2. The van der Waals surface area contributed by atoms with Crippen LogP contribution in [0, 0.1) is 5.92 Å². The Labute approximate surface area is 159 Å². The number of methoxy groups -OCH3 is 2. The first kappa shape index (κ1) is 19.7. The Kier molecular flexibility index (Phi) is 5.73. The third kappa shape index (κ3) is 4.10. The normalized spacial score (nSPS) is 20.2. The van der Waals surface area contributed by atoms with E-state index in [4.69, 9.17) is 14.2 Å². The highest BCUT2D eigenvalue weighted by Crippen LogP contribution is 2.34. The first-order valence-electron chi connectivity index (χ1n) is 8.60. The lowest BCUT2D eigenvalue weighted by Gasteiger charge is -2.23. The van der Waals surface area contributed by atoms with Gasteiger partial charge in [0.25, 0.3) is 0 Å². The average Bonchev–Trinajstić information content (AvgIpc) is 3.29. The Bertz CT molecular complexity index is 872. The van der Waals surface area contributed by atoms with Crippen LogP contribution in [0.1, 0.15) is 6.04 Å². The van der Waals surface area contributed by atoms with E-state index in [1.165, 1.54) is 4.31 Å². The molecule has 0 aliphatic carbocycles. The van der Waals surface area contributed by atoms with Crippen molar-refractivity contribution in [2.24, 2.45) is 5.92 Å². The van der Waals surface area contributed by atoms with Crippen LogP contribution in [0.3, 0.4) is 0 Å². The number of hydrogen-bond acceptors (Lipinski definition) is 6. The molecule has 8 nitrogen and oxygen atoms in total. The van der Waals surface area contributed by atoms with Crippen LogP contribution in [-0.2, 0) is 14.8 Å². The molecule has 0 amide bonds. The van der Waals surface area contributed by atoms with E-state index in [2.05, 4.69) is 4.98 Å². The molecule has 1 aliphatic rings. The molecule has 1 fully saturated rings. The summed E-state index contributed by atoms with van der Waals surface area (Å²) >= 11 is 0. The first-order chi connectivity index (χ1) is 12.9. The van der Waals surface area contributed by atoms with E-state index in [-0.39, 0.29) is 17.7 Å². The number of ether oxygens (including phenoxy) is 3. The lowest BCUT2D eigenvalue weighted by atomic mass is 10.1. The molecule has 0 radical (unpaired) electrons. The smallest absolute Gasteiger partial charge is 0.214 e. The summed E-state index contributed by atoms with van der Waals surface area (Å²) < 4.78 is 44.2. The van der Waals surface area contributed by atoms with Gasteiger partial charge in [-0.3, -0.25) is 0 Å². The summed E-state index contributed by atoms with van der Waals surface area (Å²) in [5.74, 6) is 1.92. The van der Waals surface area contributed by atoms with Crippen LogP contribution in [0.15, 0.2) is 30.6 Å². The van der Waals surface area contributed by atoms with Crippen LogP contribution in [-0.4, -0.2) is 69.6 Å². The highest BCUT2D eigenvalue weighted by molar-refractivity contribution is 7.89. The van der Waals surface area contributed by atoms with Crippen LogP contribution in [0.5, 0.6) is 11.5 Å². The fourth-order valence-electron chi connectivity index (χ4n) is 3.21. The molecule has 1 aromatic heterocycles. The number of imidazole rings is 1. The standard InChI is InChI=1S/C18H25N3O5S/c1-20(2)27(22,23)12-14-10-26-11-17(14)21-6-5-19-18(21)13-7-15(24-3)9-16(8-13)25-4/h5-9,14,17H,10-12H2,1-4H3/t14-,17+/m0/s1. The van der Waals surface area contributed by atoms with Crippen LogP contribution in [0.2, 0.25) is 0 Å². The summed E-state index contributed by atoms with van der Waals surface area (Å²) in [6.07, 6.45) is 3.56. The van der Waals surface area contributed by atoms with Gasteiger partial charge in [0.15, 0.2) is 0 Å².